The van der Waals surface area contributed by atoms with Gasteiger partial charge in [0.05, 0.1) is 17.6 Å². The van der Waals surface area contributed by atoms with Crippen molar-refractivity contribution in [2.24, 2.45) is 0 Å². The van der Waals surface area contributed by atoms with Gasteiger partial charge in [0, 0.05) is 24.1 Å². The largest absolute Gasteiger partial charge is 0.424 e. The number of aryl methyl sites for hydroxylation is 1. The monoisotopic (exact) mass is 460 g/mol. The van der Waals surface area contributed by atoms with E-state index in [1.54, 1.807) is 0 Å². The van der Waals surface area contributed by atoms with Crippen LogP contribution in [-0.2, 0) is 17.8 Å². The molecule has 168 valence electrons. The number of imidazole rings is 1. The van der Waals surface area contributed by atoms with Crippen LogP contribution in [0.5, 0.6) is 5.75 Å². The SMILES string of the molecule is CCCC(=O)Oc1cn(Cc2ccccc2Cl)c2nc(CCC)n3c4ccccc4nc3c12. The fraction of sp³-hybridized carbons (Fsp3) is 0.269. The van der Waals surface area contributed by atoms with Gasteiger partial charge >= 0.3 is 5.97 Å². The molecular weight excluding hydrogens is 436 g/mol. The lowest BCUT2D eigenvalue weighted by atomic mass is 10.2. The van der Waals surface area contributed by atoms with Crippen molar-refractivity contribution in [3.8, 4) is 5.75 Å². The molecule has 2 aromatic carbocycles. The number of benzene rings is 2. The molecule has 6 nitrogen and oxygen atoms in total. The highest BCUT2D eigenvalue weighted by Gasteiger charge is 2.22. The molecule has 5 aromatic rings. The van der Waals surface area contributed by atoms with E-state index in [2.05, 4.69) is 11.3 Å². The van der Waals surface area contributed by atoms with E-state index in [1.165, 1.54) is 0 Å². The molecule has 33 heavy (non-hydrogen) atoms. The highest BCUT2D eigenvalue weighted by molar-refractivity contribution is 6.31. The van der Waals surface area contributed by atoms with E-state index in [1.807, 2.05) is 66.2 Å². The third-order valence-electron chi connectivity index (χ3n) is 5.74. The molecule has 0 atom stereocenters. The second kappa shape index (κ2) is 8.87. The van der Waals surface area contributed by atoms with Crippen LogP contribution < -0.4 is 4.74 Å². The second-order valence-electron chi connectivity index (χ2n) is 8.17. The van der Waals surface area contributed by atoms with Gasteiger partial charge in [-0.15, -0.1) is 0 Å². The molecule has 0 radical (unpaired) electrons. The zero-order chi connectivity index (χ0) is 22.9. The Labute approximate surface area is 196 Å². The molecule has 3 aromatic heterocycles. The number of fused-ring (bicyclic) bond motifs is 5. The Balaban J connectivity index is 1.80. The van der Waals surface area contributed by atoms with Crippen LogP contribution >= 0.6 is 11.6 Å². The molecule has 0 saturated carbocycles. The maximum Gasteiger partial charge on any atom is 0.311 e. The number of carbonyl (C=O) groups excluding carboxylic acids is 1. The molecule has 0 fully saturated rings. The van der Waals surface area contributed by atoms with Crippen LogP contribution in [0, 0.1) is 0 Å². The summed E-state index contributed by atoms with van der Waals surface area (Å²) in [6.07, 6.45) is 4.67. The van der Waals surface area contributed by atoms with Gasteiger partial charge in [0.1, 0.15) is 16.9 Å². The summed E-state index contributed by atoms with van der Waals surface area (Å²) in [4.78, 5) is 22.5. The second-order valence-corrected chi connectivity index (χ2v) is 8.58. The van der Waals surface area contributed by atoms with Crippen molar-refractivity contribution in [3.05, 3.63) is 71.1 Å². The minimum absolute atomic E-state index is 0.263. The number of esters is 1. The van der Waals surface area contributed by atoms with Crippen molar-refractivity contribution in [2.75, 3.05) is 0 Å². The Hall–Kier alpha value is -3.38. The Bertz CT molecular complexity index is 1480. The quantitative estimate of drug-likeness (QED) is 0.271. The fourth-order valence-electron chi connectivity index (χ4n) is 4.26. The topological polar surface area (TPSA) is 61.4 Å². The van der Waals surface area contributed by atoms with E-state index in [0.717, 1.165) is 58.4 Å². The fourth-order valence-corrected chi connectivity index (χ4v) is 4.45. The Kier molecular flexibility index (Phi) is 5.77. The summed E-state index contributed by atoms with van der Waals surface area (Å²) in [6.45, 7) is 4.61. The zero-order valence-corrected chi connectivity index (χ0v) is 19.5. The standard InChI is InChI=1S/C26H25ClN4O2/c1-3-9-22-29-25-24(26-28-19-13-7-8-14-20(19)31(22)26)21(33-23(32)10-4-2)16-30(25)15-17-11-5-6-12-18(17)27/h5-8,11-14,16H,3-4,9-10,15H2,1-2H3. The van der Waals surface area contributed by atoms with Gasteiger partial charge in [-0.2, -0.15) is 0 Å². The summed E-state index contributed by atoms with van der Waals surface area (Å²) in [5.74, 6) is 1.14. The third-order valence-corrected chi connectivity index (χ3v) is 6.11. The van der Waals surface area contributed by atoms with Crippen molar-refractivity contribution in [3.63, 3.8) is 0 Å². The molecule has 0 saturated heterocycles. The molecule has 0 amide bonds. The van der Waals surface area contributed by atoms with Crippen LogP contribution in [0.3, 0.4) is 0 Å². The van der Waals surface area contributed by atoms with Gasteiger partial charge in [0.25, 0.3) is 0 Å². The highest BCUT2D eigenvalue weighted by Crippen LogP contribution is 2.34. The Morgan fingerprint density at radius 2 is 1.79 bits per heavy atom. The van der Waals surface area contributed by atoms with Gasteiger partial charge in [-0.1, -0.05) is 55.8 Å². The molecule has 7 heteroatoms. The molecule has 0 unspecified atom stereocenters. The van der Waals surface area contributed by atoms with Gasteiger partial charge in [-0.05, 0) is 36.6 Å². The average molecular weight is 461 g/mol. The van der Waals surface area contributed by atoms with Crippen LogP contribution in [0.25, 0.3) is 27.7 Å². The molecule has 0 N–H and O–H groups in total. The lowest BCUT2D eigenvalue weighted by Crippen LogP contribution is -2.07. The van der Waals surface area contributed by atoms with Crippen molar-refractivity contribution < 1.29 is 9.53 Å². The number of aromatic nitrogens is 4. The van der Waals surface area contributed by atoms with E-state index in [-0.39, 0.29) is 5.97 Å². The summed E-state index contributed by atoms with van der Waals surface area (Å²) >= 11 is 6.45. The minimum atomic E-state index is -0.263. The summed E-state index contributed by atoms with van der Waals surface area (Å²) in [7, 11) is 0. The smallest absolute Gasteiger partial charge is 0.311 e. The molecular formula is C26H25ClN4O2. The molecule has 0 aliphatic rings. The predicted molar refractivity (Wildman–Crippen MR) is 131 cm³/mol. The highest BCUT2D eigenvalue weighted by atomic mass is 35.5. The lowest BCUT2D eigenvalue weighted by molar-refractivity contribution is -0.134. The summed E-state index contributed by atoms with van der Waals surface area (Å²) in [5.41, 5.74) is 4.33. The van der Waals surface area contributed by atoms with E-state index >= 15 is 0 Å². The number of hydrogen-bond donors (Lipinski definition) is 0. The van der Waals surface area contributed by atoms with Gasteiger partial charge < -0.3 is 9.30 Å². The first-order chi connectivity index (χ1) is 16.1. The van der Waals surface area contributed by atoms with E-state index in [4.69, 9.17) is 26.3 Å². The van der Waals surface area contributed by atoms with Crippen molar-refractivity contribution in [1.82, 2.24) is 18.9 Å². The van der Waals surface area contributed by atoms with Crippen LogP contribution in [0.15, 0.2) is 54.7 Å². The number of hydrogen-bond acceptors (Lipinski definition) is 4. The Morgan fingerprint density at radius 1 is 1.00 bits per heavy atom. The third kappa shape index (κ3) is 3.85. The first-order valence-electron chi connectivity index (χ1n) is 11.3. The van der Waals surface area contributed by atoms with Gasteiger partial charge in [-0.3, -0.25) is 9.20 Å². The molecule has 0 aliphatic heterocycles. The number of halogens is 1. The number of para-hydroxylation sites is 2. The molecule has 0 bridgehead atoms. The van der Waals surface area contributed by atoms with Gasteiger partial charge in [0.15, 0.2) is 11.4 Å². The summed E-state index contributed by atoms with van der Waals surface area (Å²) in [5, 5.41) is 1.42. The van der Waals surface area contributed by atoms with Crippen molar-refractivity contribution in [2.45, 2.75) is 46.1 Å². The summed E-state index contributed by atoms with van der Waals surface area (Å²) < 4.78 is 9.93. The van der Waals surface area contributed by atoms with Crippen LogP contribution in [0.1, 0.15) is 44.5 Å². The minimum Gasteiger partial charge on any atom is -0.424 e. The maximum atomic E-state index is 12.5. The van der Waals surface area contributed by atoms with Gasteiger partial charge in [-0.25, -0.2) is 9.97 Å². The number of ether oxygens (including phenoxy) is 1. The van der Waals surface area contributed by atoms with Crippen molar-refractivity contribution in [1.29, 1.82) is 0 Å². The Morgan fingerprint density at radius 3 is 2.58 bits per heavy atom. The van der Waals surface area contributed by atoms with E-state index in [0.29, 0.717) is 23.7 Å². The molecule has 3 heterocycles. The number of nitrogens with zero attached hydrogens (tertiary/aromatic N) is 4. The van der Waals surface area contributed by atoms with E-state index in [9.17, 15) is 4.79 Å². The van der Waals surface area contributed by atoms with Crippen LogP contribution in [0.2, 0.25) is 5.02 Å². The van der Waals surface area contributed by atoms with E-state index < -0.39 is 0 Å². The molecule has 0 spiro atoms. The average Bonchev–Trinajstić information content (AvgIpc) is 3.34. The first-order valence-corrected chi connectivity index (χ1v) is 11.7. The number of carbonyl (C=O) groups is 1. The predicted octanol–water partition coefficient (Wildman–Crippen LogP) is 6.20. The lowest BCUT2D eigenvalue weighted by Gasteiger charge is -2.10. The number of rotatable bonds is 7. The zero-order valence-electron chi connectivity index (χ0n) is 18.7. The first kappa shape index (κ1) is 21.5. The maximum absolute atomic E-state index is 12.5. The summed E-state index contributed by atoms with van der Waals surface area (Å²) in [6, 6.07) is 15.8. The van der Waals surface area contributed by atoms with Crippen LogP contribution in [-0.4, -0.2) is 24.9 Å². The molecule has 0 aliphatic carbocycles. The molecule has 5 rings (SSSR count). The van der Waals surface area contributed by atoms with Gasteiger partial charge in [0.2, 0.25) is 0 Å². The normalized spacial score (nSPS) is 11.6. The van der Waals surface area contributed by atoms with Crippen molar-refractivity contribution >= 4 is 45.3 Å². The van der Waals surface area contributed by atoms with Crippen LogP contribution in [0.4, 0.5) is 0 Å².